The second-order valence-corrected chi connectivity index (χ2v) is 13.9. The number of benzene rings is 3. The highest BCUT2D eigenvalue weighted by Gasteiger charge is 2.48. The summed E-state index contributed by atoms with van der Waals surface area (Å²) in [5.74, 6) is 1.02. The molecular weight excluding hydrogens is 620 g/mol. The number of nitrogens with one attached hydrogen (secondary N) is 3. The number of aromatic amines is 1. The molecule has 8 rings (SSSR count). The van der Waals surface area contributed by atoms with Crippen LogP contribution in [0.4, 0.5) is 5.69 Å². The molecule has 258 valence electrons. The van der Waals surface area contributed by atoms with Crippen LogP contribution in [0, 0.1) is 5.92 Å². The Morgan fingerprint density at radius 3 is 2.53 bits per heavy atom. The lowest BCUT2D eigenvalue weighted by Gasteiger charge is -2.45. The van der Waals surface area contributed by atoms with Crippen molar-refractivity contribution in [1.82, 2.24) is 15.2 Å². The van der Waals surface area contributed by atoms with Crippen LogP contribution in [0.1, 0.15) is 54.9 Å². The van der Waals surface area contributed by atoms with Crippen LogP contribution in [0.3, 0.4) is 0 Å². The number of anilines is 1. The number of hydrogen-bond acceptors (Lipinski definition) is 9. The molecule has 0 unspecified atom stereocenters. The lowest BCUT2D eigenvalue weighted by molar-refractivity contribution is -0.164. The van der Waals surface area contributed by atoms with E-state index in [0.29, 0.717) is 48.4 Å². The molecule has 4 aromatic rings. The van der Waals surface area contributed by atoms with Gasteiger partial charge in [0, 0.05) is 49.1 Å². The van der Waals surface area contributed by atoms with Gasteiger partial charge >= 0.3 is 5.97 Å². The van der Waals surface area contributed by atoms with E-state index in [1.807, 2.05) is 36.4 Å². The Morgan fingerprint density at radius 1 is 0.980 bits per heavy atom. The lowest BCUT2D eigenvalue weighted by Crippen LogP contribution is -2.56. The van der Waals surface area contributed by atoms with Crippen molar-refractivity contribution in [3.63, 3.8) is 0 Å². The minimum absolute atomic E-state index is 0.0231. The molecule has 5 N–H and O–H groups in total. The second-order valence-electron chi connectivity index (χ2n) is 13.9. The average Bonchev–Trinajstić information content (AvgIpc) is 3.50. The molecule has 2 atom stereocenters. The summed E-state index contributed by atoms with van der Waals surface area (Å²) in [5, 5.41) is 28.4. The zero-order valence-corrected chi connectivity index (χ0v) is 27.8. The number of fused-ring (bicyclic) bond motifs is 5. The predicted molar refractivity (Wildman–Crippen MR) is 189 cm³/mol. The number of ether oxygens (including phenoxy) is 2. The normalized spacial score (nSPS) is 21.3. The van der Waals surface area contributed by atoms with Crippen molar-refractivity contribution in [1.29, 1.82) is 0 Å². The van der Waals surface area contributed by atoms with Gasteiger partial charge in [0.05, 0.1) is 18.2 Å². The minimum Gasteiger partial charge on any atom is -0.506 e. The van der Waals surface area contributed by atoms with E-state index in [1.54, 1.807) is 12.1 Å². The van der Waals surface area contributed by atoms with Crippen molar-refractivity contribution in [2.24, 2.45) is 5.92 Å². The fraction of sp³-hybridized carbons (Fsp3) is 0.436. The highest BCUT2D eigenvalue weighted by molar-refractivity contribution is 5.88. The Morgan fingerprint density at radius 2 is 1.78 bits per heavy atom. The first kappa shape index (κ1) is 33.1. The first-order chi connectivity index (χ1) is 23.9. The van der Waals surface area contributed by atoms with Crippen LogP contribution in [0.2, 0.25) is 0 Å². The number of carbonyl (C=O) groups excluding carboxylic acids is 1. The van der Waals surface area contributed by atoms with E-state index in [2.05, 4.69) is 32.7 Å². The number of rotatable bonds is 14. The molecule has 0 amide bonds. The van der Waals surface area contributed by atoms with E-state index in [4.69, 9.17) is 9.47 Å². The topological polar surface area (TPSA) is 136 Å². The largest absolute Gasteiger partial charge is 0.506 e. The molecule has 3 aromatic carbocycles. The van der Waals surface area contributed by atoms with Crippen LogP contribution in [0.5, 0.6) is 11.5 Å². The highest BCUT2D eigenvalue weighted by atomic mass is 16.5. The molecular formula is C39H46N4O6. The number of aliphatic hydroxyl groups excluding tert-OH is 1. The number of hydrogen-bond donors (Lipinski definition) is 5. The molecule has 3 aliphatic heterocycles. The summed E-state index contributed by atoms with van der Waals surface area (Å²) in [6.07, 6.45) is 5.31. The summed E-state index contributed by atoms with van der Waals surface area (Å²) < 4.78 is 12.4. The maximum absolute atomic E-state index is 14.0. The number of nitrogens with zero attached hydrogens (tertiary/aromatic N) is 1. The monoisotopic (exact) mass is 666 g/mol. The maximum Gasteiger partial charge on any atom is 0.332 e. The highest BCUT2D eigenvalue weighted by Crippen LogP contribution is 2.37. The number of aromatic nitrogens is 1. The summed E-state index contributed by atoms with van der Waals surface area (Å²) in [6.45, 7) is 4.71. The average molecular weight is 667 g/mol. The molecule has 0 saturated carbocycles. The van der Waals surface area contributed by atoms with Crippen molar-refractivity contribution in [3.05, 3.63) is 99.8 Å². The van der Waals surface area contributed by atoms with Crippen LogP contribution in [0.25, 0.3) is 10.9 Å². The predicted octanol–water partition coefficient (Wildman–Crippen LogP) is 4.69. The van der Waals surface area contributed by atoms with Crippen LogP contribution in [-0.4, -0.2) is 77.0 Å². The number of unbranched alkanes of at least 4 members (excludes halogenated alkanes) is 2. The Bertz CT molecular complexity index is 1810. The van der Waals surface area contributed by atoms with E-state index in [0.717, 1.165) is 69.7 Å². The zero-order valence-electron chi connectivity index (χ0n) is 27.8. The first-order valence-electron chi connectivity index (χ1n) is 17.6. The van der Waals surface area contributed by atoms with Gasteiger partial charge in [0.15, 0.2) is 0 Å². The Kier molecular flexibility index (Phi) is 9.89. The van der Waals surface area contributed by atoms with Gasteiger partial charge in [0.1, 0.15) is 23.1 Å². The van der Waals surface area contributed by atoms with Crippen molar-refractivity contribution < 1.29 is 24.5 Å². The van der Waals surface area contributed by atoms with Gasteiger partial charge in [-0.2, -0.15) is 0 Å². The molecule has 4 aliphatic rings. The molecule has 4 heterocycles. The molecule has 3 saturated heterocycles. The third-order valence-electron chi connectivity index (χ3n) is 10.4. The van der Waals surface area contributed by atoms with Crippen molar-refractivity contribution in [3.8, 4) is 11.5 Å². The molecule has 10 heteroatoms. The molecule has 2 bridgehead atoms. The van der Waals surface area contributed by atoms with E-state index in [9.17, 15) is 19.8 Å². The van der Waals surface area contributed by atoms with Crippen LogP contribution in [-0.2, 0) is 22.4 Å². The number of esters is 1. The fourth-order valence-electron chi connectivity index (χ4n) is 7.75. The van der Waals surface area contributed by atoms with Gasteiger partial charge in [-0.1, -0.05) is 36.4 Å². The summed E-state index contributed by atoms with van der Waals surface area (Å²) in [5.41, 5.74) is 3.02. The van der Waals surface area contributed by atoms with Gasteiger partial charge in [-0.15, -0.1) is 0 Å². The van der Waals surface area contributed by atoms with Gasteiger partial charge in [0.25, 0.3) is 0 Å². The number of aromatic hydroxyl groups is 1. The number of carbonyl (C=O) groups is 1. The van der Waals surface area contributed by atoms with Crippen molar-refractivity contribution in [2.75, 3.05) is 44.6 Å². The summed E-state index contributed by atoms with van der Waals surface area (Å²) in [7, 11) is 0. The van der Waals surface area contributed by atoms with Gasteiger partial charge < -0.3 is 35.3 Å². The van der Waals surface area contributed by atoms with Gasteiger partial charge in [-0.3, -0.25) is 9.69 Å². The molecule has 0 spiro atoms. The first-order valence-corrected chi connectivity index (χ1v) is 17.6. The SMILES string of the molecule is O=C(O[C@H]1CN2CCC1CC2)C1(Nc2cccc(OCCCCCNC[C@H](O)c3ccc(O)c4[nH]c(=O)ccc34)c2)Cc2ccccc2C1. The quantitative estimate of drug-likeness (QED) is 0.0959. The third kappa shape index (κ3) is 7.46. The van der Waals surface area contributed by atoms with Crippen molar-refractivity contribution in [2.45, 2.75) is 62.7 Å². The van der Waals surface area contributed by atoms with E-state index >= 15 is 0 Å². The van der Waals surface area contributed by atoms with Gasteiger partial charge in [0.2, 0.25) is 5.56 Å². The number of phenolic OH excluding ortho intramolecular Hbond substituents is 1. The van der Waals surface area contributed by atoms with Crippen LogP contribution < -0.4 is 20.9 Å². The van der Waals surface area contributed by atoms with E-state index in [-0.39, 0.29) is 23.4 Å². The molecule has 10 nitrogen and oxygen atoms in total. The molecule has 1 aliphatic carbocycles. The molecule has 1 aromatic heterocycles. The lowest BCUT2D eigenvalue weighted by atomic mass is 9.85. The van der Waals surface area contributed by atoms with E-state index < -0.39 is 11.6 Å². The van der Waals surface area contributed by atoms with Gasteiger partial charge in [-0.25, -0.2) is 4.79 Å². The molecule has 49 heavy (non-hydrogen) atoms. The smallest absolute Gasteiger partial charge is 0.332 e. The van der Waals surface area contributed by atoms with Crippen molar-refractivity contribution >= 4 is 22.6 Å². The fourth-order valence-corrected chi connectivity index (χ4v) is 7.75. The molecule has 3 fully saturated rings. The molecule has 0 radical (unpaired) electrons. The Balaban J connectivity index is 0.881. The standard InChI is InChI=1S/C39H46N4O6/c44-33-13-11-31(32-12-14-36(46)41-37(32)33)34(45)24-40-17-4-1-5-20-48-30-10-6-9-29(21-30)42-39(22-27-7-2-3-8-28(27)23-39)38(47)49-35-25-43-18-15-26(35)16-19-43/h2-3,6-14,21,26,34-35,40,42,44-45H,1,4-5,15-20,22-25H2,(H,41,46)/t34-,35-/m0/s1. The maximum atomic E-state index is 14.0. The van der Waals surface area contributed by atoms with Crippen LogP contribution >= 0.6 is 0 Å². The number of aliphatic hydroxyl groups is 1. The number of pyridine rings is 1. The Hall–Kier alpha value is -4.38. The number of piperidine rings is 3. The minimum atomic E-state index is -0.858. The number of phenols is 1. The summed E-state index contributed by atoms with van der Waals surface area (Å²) in [6, 6.07) is 22.3. The summed E-state index contributed by atoms with van der Waals surface area (Å²) >= 11 is 0. The number of H-pyrrole nitrogens is 1. The summed E-state index contributed by atoms with van der Waals surface area (Å²) in [4.78, 5) is 30.7. The Labute approximate surface area is 286 Å². The zero-order chi connectivity index (χ0) is 33.8. The van der Waals surface area contributed by atoms with Gasteiger partial charge in [-0.05, 0) is 98.6 Å². The third-order valence-corrected chi connectivity index (χ3v) is 10.4. The second kappa shape index (κ2) is 14.6. The van der Waals surface area contributed by atoms with Crippen LogP contribution in [0.15, 0.2) is 77.6 Å². The van der Waals surface area contributed by atoms with E-state index in [1.165, 1.54) is 23.3 Å².